The number of halogens is 1. The lowest BCUT2D eigenvalue weighted by atomic mass is 9.75. The number of rotatable bonds is 6. The maximum atomic E-state index is 3.60. The molecule has 118 valence electrons. The van der Waals surface area contributed by atoms with Crippen molar-refractivity contribution in [3.63, 3.8) is 0 Å². The summed E-state index contributed by atoms with van der Waals surface area (Å²) < 4.78 is 1.14. The van der Waals surface area contributed by atoms with Gasteiger partial charge < -0.3 is 15.1 Å². The molecule has 1 unspecified atom stereocenters. The maximum Gasteiger partial charge on any atom is 0.0413 e. The zero-order valence-corrected chi connectivity index (χ0v) is 15.5. The number of nitrogens with zero attached hydrogens (tertiary/aromatic N) is 2. The van der Waals surface area contributed by atoms with Gasteiger partial charge in [-0.3, -0.25) is 0 Å². The largest absolute Gasteiger partial charge is 0.372 e. The Morgan fingerprint density at radius 2 is 1.95 bits per heavy atom. The predicted octanol–water partition coefficient (Wildman–Crippen LogP) is 3.65. The molecule has 0 aromatic heterocycles. The number of nitrogens with one attached hydrogen (secondary N) is 1. The Bertz CT molecular complexity index is 483. The SMILES string of the molecule is CNC(C)c1cc(Br)ccc1N(C)CC1(N(C)C)CCC1. The summed E-state index contributed by atoms with van der Waals surface area (Å²) in [5, 5.41) is 3.36. The summed E-state index contributed by atoms with van der Waals surface area (Å²) in [7, 11) is 8.67. The molecule has 4 heteroatoms. The average molecular weight is 354 g/mol. The van der Waals surface area contributed by atoms with E-state index in [2.05, 4.69) is 77.3 Å². The van der Waals surface area contributed by atoms with Crippen LogP contribution in [0.25, 0.3) is 0 Å². The van der Waals surface area contributed by atoms with Crippen LogP contribution in [0.2, 0.25) is 0 Å². The molecule has 21 heavy (non-hydrogen) atoms. The van der Waals surface area contributed by atoms with Crippen LogP contribution < -0.4 is 10.2 Å². The molecule has 0 saturated heterocycles. The lowest BCUT2D eigenvalue weighted by molar-refractivity contribution is 0.0683. The Morgan fingerprint density at radius 1 is 1.29 bits per heavy atom. The second kappa shape index (κ2) is 6.67. The van der Waals surface area contributed by atoms with E-state index in [1.54, 1.807) is 0 Å². The summed E-state index contributed by atoms with van der Waals surface area (Å²) in [4.78, 5) is 4.84. The van der Waals surface area contributed by atoms with Crippen LogP contribution in [0.3, 0.4) is 0 Å². The van der Waals surface area contributed by atoms with Crippen LogP contribution in [-0.2, 0) is 0 Å². The Labute approximate surface area is 137 Å². The van der Waals surface area contributed by atoms with E-state index in [-0.39, 0.29) is 0 Å². The number of anilines is 1. The standard InChI is InChI=1S/C17H28BrN3/c1-13(19-2)15-11-14(18)7-8-16(15)21(5)12-17(20(3)4)9-6-10-17/h7-8,11,13,19H,6,9-10,12H2,1-5H3. The monoisotopic (exact) mass is 353 g/mol. The van der Waals surface area contributed by atoms with E-state index in [1.807, 2.05) is 7.05 Å². The van der Waals surface area contributed by atoms with Gasteiger partial charge in [0.25, 0.3) is 0 Å². The molecule has 0 aliphatic heterocycles. The second-order valence-corrected chi connectivity index (χ2v) is 7.46. The molecular weight excluding hydrogens is 326 g/mol. The predicted molar refractivity (Wildman–Crippen MR) is 95.2 cm³/mol. The summed E-state index contributed by atoms with van der Waals surface area (Å²) in [6.07, 6.45) is 3.96. The van der Waals surface area contributed by atoms with E-state index in [0.717, 1.165) is 11.0 Å². The molecule has 1 atom stereocenters. The van der Waals surface area contributed by atoms with Crippen LogP contribution in [-0.4, -0.2) is 45.2 Å². The molecule has 1 fully saturated rings. The Kier molecular flexibility index (Phi) is 5.33. The van der Waals surface area contributed by atoms with Gasteiger partial charge in [0.15, 0.2) is 0 Å². The molecular formula is C17H28BrN3. The smallest absolute Gasteiger partial charge is 0.0413 e. The van der Waals surface area contributed by atoms with Gasteiger partial charge in [-0.2, -0.15) is 0 Å². The third kappa shape index (κ3) is 3.43. The summed E-state index contributed by atoms with van der Waals surface area (Å²) in [5.74, 6) is 0. The van der Waals surface area contributed by atoms with Crippen molar-refractivity contribution in [2.45, 2.75) is 37.8 Å². The van der Waals surface area contributed by atoms with Crippen molar-refractivity contribution < 1.29 is 0 Å². The van der Waals surface area contributed by atoms with Gasteiger partial charge in [0.05, 0.1) is 0 Å². The number of likely N-dealkylation sites (N-methyl/N-ethyl adjacent to an activating group) is 2. The van der Waals surface area contributed by atoms with Gasteiger partial charge in [0.1, 0.15) is 0 Å². The molecule has 1 aliphatic rings. The van der Waals surface area contributed by atoms with E-state index in [1.165, 1.54) is 30.5 Å². The maximum absolute atomic E-state index is 3.60. The molecule has 1 N–H and O–H groups in total. The summed E-state index contributed by atoms with van der Waals surface area (Å²) in [5.41, 5.74) is 3.03. The molecule has 1 aromatic rings. The topological polar surface area (TPSA) is 18.5 Å². The fourth-order valence-electron chi connectivity index (χ4n) is 3.23. The van der Waals surface area contributed by atoms with Gasteiger partial charge in [-0.25, -0.2) is 0 Å². The van der Waals surface area contributed by atoms with E-state index in [9.17, 15) is 0 Å². The summed E-state index contributed by atoms with van der Waals surface area (Å²) >= 11 is 3.60. The molecule has 1 aliphatic carbocycles. The van der Waals surface area contributed by atoms with Crippen molar-refractivity contribution in [2.75, 3.05) is 39.6 Å². The fraction of sp³-hybridized carbons (Fsp3) is 0.647. The van der Waals surface area contributed by atoms with Crippen LogP contribution in [0.5, 0.6) is 0 Å². The highest BCUT2D eigenvalue weighted by molar-refractivity contribution is 9.10. The normalized spacial score (nSPS) is 18.4. The van der Waals surface area contributed by atoms with Gasteiger partial charge in [-0.1, -0.05) is 15.9 Å². The minimum atomic E-state index is 0.344. The molecule has 0 bridgehead atoms. The van der Waals surface area contributed by atoms with Crippen LogP contribution in [0, 0.1) is 0 Å². The first-order valence-electron chi connectivity index (χ1n) is 7.75. The van der Waals surface area contributed by atoms with E-state index < -0.39 is 0 Å². The van der Waals surface area contributed by atoms with Crippen molar-refractivity contribution >= 4 is 21.6 Å². The molecule has 1 aromatic carbocycles. The zero-order valence-electron chi connectivity index (χ0n) is 13.9. The van der Waals surface area contributed by atoms with Crippen LogP contribution in [0.1, 0.15) is 37.8 Å². The molecule has 1 saturated carbocycles. The summed E-state index contributed by atoms with van der Waals surface area (Å²) in [6, 6.07) is 6.95. The zero-order chi connectivity index (χ0) is 15.6. The van der Waals surface area contributed by atoms with Crippen molar-refractivity contribution in [3.05, 3.63) is 28.2 Å². The van der Waals surface area contributed by atoms with Crippen molar-refractivity contribution in [2.24, 2.45) is 0 Å². The Hall–Kier alpha value is -0.580. The van der Waals surface area contributed by atoms with Crippen molar-refractivity contribution in [1.29, 1.82) is 0 Å². The highest BCUT2D eigenvalue weighted by Gasteiger charge is 2.40. The fourth-order valence-corrected chi connectivity index (χ4v) is 3.61. The molecule has 0 heterocycles. The molecule has 2 rings (SSSR count). The van der Waals surface area contributed by atoms with Gasteiger partial charge in [-0.15, -0.1) is 0 Å². The van der Waals surface area contributed by atoms with Crippen molar-refractivity contribution in [1.82, 2.24) is 10.2 Å². The van der Waals surface area contributed by atoms with E-state index in [0.29, 0.717) is 11.6 Å². The van der Waals surface area contributed by atoms with Crippen LogP contribution in [0.4, 0.5) is 5.69 Å². The van der Waals surface area contributed by atoms with Crippen LogP contribution in [0.15, 0.2) is 22.7 Å². The van der Waals surface area contributed by atoms with Gasteiger partial charge in [0.2, 0.25) is 0 Å². The highest BCUT2D eigenvalue weighted by atomic mass is 79.9. The van der Waals surface area contributed by atoms with E-state index in [4.69, 9.17) is 0 Å². The van der Waals surface area contributed by atoms with E-state index >= 15 is 0 Å². The lowest BCUT2D eigenvalue weighted by Gasteiger charge is -2.49. The Balaban J connectivity index is 2.24. The average Bonchev–Trinajstić information content (AvgIpc) is 2.41. The summed E-state index contributed by atoms with van der Waals surface area (Å²) in [6.45, 7) is 3.30. The third-order valence-electron chi connectivity index (χ3n) is 5.06. The first kappa shape index (κ1) is 16.8. The van der Waals surface area contributed by atoms with Crippen LogP contribution >= 0.6 is 15.9 Å². The first-order chi connectivity index (χ1) is 9.89. The molecule has 0 radical (unpaired) electrons. The van der Waals surface area contributed by atoms with Crippen molar-refractivity contribution in [3.8, 4) is 0 Å². The quantitative estimate of drug-likeness (QED) is 0.841. The number of benzene rings is 1. The number of hydrogen-bond acceptors (Lipinski definition) is 3. The van der Waals surface area contributed by atoms with Gasteiger partial charge in [0, 0.05) is 35.3 Å². The third-order valence-corrected chi connectivity index (χ3v) is 5.56. The highest BCUT2D eigenvalue weighted by Crippen LogP contribution is 2.38. The van der Waals surface area contributed by atoms with Gasteiger partial charge >= 0.3 is 0 Å². The Morgan fingerprint density at radius 3 is 2.43 bits per heavy atom. The molecule has 0 amide bonds. The minimum absolute atomic E-state index is 0.344. The molecule has 0 spiro atoms. The molecule has 3 nitrogen and oxygen atoms in total. The second-order valence-electron chi connectivity index (χ2n) is 6.54. The minimum Gasteiger partial charge on any atom is -0.372 e. The first-order valence-corrected chi connectivity index (χ1v) is 8.54. The van der Waals surface area contributed by atoms with Gasteiger partial charge in [-0.05, 0) is 71.1 Å². The lowest BCUT2D eigenvalue weighted by Crippen LogP contribution is -2.56. The number of hydrogen-bond donors (Lipinski definition) is 1.